The maximum atomic E-state index is 13.4. The Morgan fingerprint density at radius 3 is 2.55 bits per heavy atom. The topological polar surface area (TPSA) is 83.8 Å². The largest absolute Gasteiger partial charge is 0.497 e. The number of pyridine rings is 1. The summed E-state index contributed by atoms with van der Waals surface area (Å²) in [4.78, 5) is 28.8. The van der Waals surface area contributed by atoms with Gasteiger partial charge in [-0.25, -0.2) is 0 Å². The van der Waals surface area contributed by atoms with Gasteiger partial charge in [-0.15, -0.1) is 0 Å². The van der Waals surface area contributed by atoms with Crippen molar-refractivity contribution in [3.63, 3.8) is 0 Å². The van der Waals surface area contributed by atoms with Crippen molar-refractivity contribution in [2.24, 2.45) is 11.8 Å². The maximum Gasteiger partial charge on any atom is 0.258 e. The minimum Gasteiger partial charge on any atom is -0.497 e. The van der Waals surface area contributed by atoms with Gasteiger partial charge in [-0.1, -0.05) is 12.1 Å². The molecule has 0 aliphatic carbocycles. The van der Waals surface area contributed by atoms with Gasteiger partial charge in [-0.3, -0.25) is 9.59 Å². The van der Waals surface area contributed by atoms with E-state index in [1.54, 1.807) is 11.7 Å². The number of nitrogens with one attached hydrogen (secondary N) is 1. The van der Waals surface area contributed by atoms with Gasteiger partial charge in [0.1, 0.15) is 5.75 Å². The second kappa shape index (κ2) is 8.13. The summed E-state index contributed by atoms with van der Waals surface area (Å²) in [6, 6.07) is 10.9. The summed E-state index contributed by atoms with van der Waals surface area (Å²) in [5.74, 6) is 0.323. The number of fused-ring (bicyclic) bond motifs is 4. The molecule has 4 atom stereocenters. The Kier molecular flexibility index (Phi) is 5.32. The molecule has 2 aromatic rings. The minimum atomic E-state index is -0.340. The minimum absolute atomic E-state index is 0.0538. The molecule has 5 rings (SSSR count). The Morgan fingerprint density at radius 1 is 1.13 bits per heavy atom. The van der Waals surface area contributed by atoms with E-state index < -0.39 is 0 Å². The third kappa shape index (κ3) is 3.36. The second-order valence-electron chi connectivity index (χ2n) is 8.83. The smallest absolute Gasteiger partial charge is 0.258 e. The van der Waals surface area contributed by atoms with Crippen LogP contribution in [0.4, 0.5) is 0 Å². The Bertz CT molecular complexity index is 1030. The lowest BCUT2D eigenvalue weighted by molar-refractivity contribution is -0.138. The van der Waals surface area contributed by atoms with Gasteiger partial charge in [0.15, 0.2) is 0 Å². The monoisotopic (exact) mass is 423 g/mol. The second-order valence-corrected chi connectivity index (χ2v) is 8.83. The highest BCUT2D eigenvalue weighted by Gasteiger charge is 2.51. The number of piperidine rings is 1. The molecule has 0 radical (unpaired) electrons. The Labute approximate surface area is 181 Å². The zero-order valence-corrected chi connectivity index (χ0v) is 17.8. The van der Waals surface area contributed by atoms with E-state index >= 15 is 0 Å². The van der Waals surface area contributed by atoms with Gasteiger partial charge in [0.25, 0.3) is 5.56 Å². The van der Waals surface area contributed by atoms with E-state index in [4.69, 9.17) is 4.74 Å². The maximum absolute atomic E-state index is 13.4. The molecular weight excluding hydrogens is 394 g/mol. The molecule has 0 saturated carbocycles. The van der Waals surface area contributed by atoms with Gasteiger partial charge in [0.2, 0.25) is 5.91 Å². The Morgan fingerprint density at radius 2 is 1.87 bits per heavy atom. The molecule has 3 aliphatic heterocycles. The van der Waals surface area contributed by atoms with Crippen LogP contribution >= 0.6 is 0 Å². The number of rotatable bonds is 4. The van der Waals surface area contributed by atoms with Gasteiger partial charge in [0.05, 0.1) is 19.1 Å². The van der Waals surface area contributed by atoms with E-state index in [9.17, 15) is 14.7 Å². The number of aliphatic hydroxyl groups is 1. The van der Waals surface area contributed by atoms with E-state index in [-0.39, 0.29) is 42.0 Å². The molecule has 7 heteroatoms. The molecule has 0 unspecified atom stereocenters. The molecule has 1 aromatic carbocycles. The van der Waals surface area contributed by atoms with Gasteiger partial charge >= 0.3 is 0 Å². The van der Waals surface area contributed by atoms with Crippen molar-refractivity contribution >= 4 is 5.91 Å². The first-order valence-corrected chi connectivity index (χ1v) is 11.2. The average molecular weight is 424 g/mol. The lowest BCUT2D eigenvalue weighted by atomic mass is 9.85. The molecule has 7 nitrogen and oxygen atoms in total. The number of benzene rings is 1. The van der Waals surface area contributed by atoms with Crippen LogP contribution in [-0.4, -0.2) is 53.3 Å². The van der Waals surface area contributed by atoms with E-state index in [1.807, 2.05) is 41.3 Å². The van der Waals surface area contributed by atoms with Crippen molar-refractivity contribution in [1.82, 2.24) is 14.8 Å². The van der Waals surface area contributed by atoms with Crippen LogP contribution in [0, 0.1) is 11.8 Å². The summed E-state index contributed by atoms with van der Waals surface area (Å²) in [5.41, 5.74) is 2.26. The molecule has 2 saturated heterocycles. The molecule has 0 spiro atoms. The van der Waals surface area contributed by atoms with Crippen LogP contribution in [0.25, 0.3) is 11.1 Å². The van der Waals surface area contributed by atoms with Crippen molar-refractivity contribution in [3.8, 4) is 16.9 Å². The zero-order chi connectivity index (χ0) is 21.5. The molecule has 3 aliphatic rings. The molecule has 1 aromatic heterocycles. The highest BCUT2D eigenvalue weighted by atomic mass is 16.5. The molecule has 31 heavy (non-hydrogen) atoms. The fourth-order valence-corrected chi connectivity index (χ4v) is 5.54. The molecule has 4 heterocycles. The summed E-state index contributed by atoms with van der Waals surface area (Å²) < 4.78 is 7.02. The van der Waals surface area contributed by atoms with Gasteiger partial charge in [-0.05, 0) is 49.1 Å². The number of nitrogens with zero attached hydrogens (tertiary/aromatic N) is 2. The van der Waals surface area contributed by atoms with Crippen LogP contribution in [0.2, 0.25) is 0 Å². The number of carbonyl (C=O) groups excluding carboxylic acids is 1. The van der Waals surface area contributed by atoms with E-state index in [1.165, 1.54) is 0 Å². The zero-order valence-electron chi connectivity index (χ0n) is 17.8. The quantitative estimate of drug-likeness (QED) is 0.783. The van der Waals surface area contributed by atoms with E-state index in [0.717, 1.165) is 49.4 Å². The fraction of sp³-hybridized carbons (Fsp3) is 0.500. The standard InChI is InChI=1S/C24H29N3O4/c1-31-16-7-5-15(6-8-16)17-9-10-20-22-21(24(30)26-11-3-2-4-12-26)18(14-28)19(25-22)13-27(20)23(17)29/h5-10,18-19,21-22,25,28H,2-4,11-14H2,1H3/t18-,19-,21+,22+/m1/s1. The first-order chi connectivity index (χ1) is 15.1. The number of hydrogen-bond donors (Lipinski definition) is 2. The lowest BCUT2D eigenvalue weighted by Gasteiger charge is -2.33. The van der Waals surface area contributed by atoms with Gasteiger partial charge < -0.3 is 24.6 Å². The lowest BCUT2D eigenvalue weighted by Crippen LogP contribution is -2.44. The number of methoxy groups -OCH3 is 1. The number of hydrogen-bond acceptors (Lipinski definition) is 5. The Balaban J connectivity index is 1.51. The first kappa shape index (κ1) is 20.3. The summed E-state index contributed by atoms with van der Waals surface area (Å²) in [7, 11) is 1.62. The van der Waals surface area contributed by atoms with Crippen molar-refractivity contribution < 1.29 is 14.6 Å². The van der Waals surface area contributed by atoms with Crippen LogP contribution in [0.1, 0.15) is 31.0 Å². The summed E-state index contributed by atoms with van der Waals surface area (Å²) in [6.45, 7) is 1.97. The summed E-state index contributed by atoms with van der Waals surface area (Å²) in [6.07, 6.45) is 3.23. The predicted octanol–water partition coefficient (Wildman–Crippen LogP) is 1.79. The highest BCUT2D eigenvalue weighted by Crippen LogP contribution is 2.42. The van der Waals surface area contributed by atoms with Crippen molar-refractivity contribution in [1.29, 1.82) is 0 Å². The molecule has 164 valence electrons. The average Bonchev–Trinajstić information content (AvgIpc) is 3.12. The normalized spacial score (nSPS) is 27.1. The third-order valence-corrected chi connectivity index (χ3v) is 7.20. The fourth-order valence-electron chi connectivity index (χ4n) is 5.54. The number of likely N-dealkylation sites (tertiary alicyclic amines) is 1. The molecule has 2 bridgehead atoms. The molecule has 1 amide bonds. The third-order valence-electron chi connectivity index (χ3n) is 7.20. The van der Waals surface area contributed by atoms with Crippen LogP contribution in [0.5, 0.6) is 5.75 Å². The van der Waals surface area contributed by atoms with Crippen molar-refractivity contribution in [2.45, 2.75) is 37.9 Å². The number of amides is 1. The summed E-state index contributed by atoms with van der Waals surface area (Å²) in [5, 5.41) is 13.7. The van der Waals surface area contributed by atoms with Crippen LogP contribution in [0.3, 0.4) is 0 Å². The van der Waals surface area contributed by atoms with E-state index in [0.29, 0.717) is 12.1 Å². The molecular formula is C24H29N3O4. The number of aromatic nitrogens is 1. The van der Waals surface area contributed by atoms with Crippen LogP contribution in [-0.2, 0) is 11.3 Å². The van der Waals surface area contributed by atoms with Crippen molar-refractivity contribution in [2.75, 3.05) is 26.8 Å². The van der Waals surface area contributed by atoms with Crippen LogP contribution in [0.15, 0.2) is 41.2 Å². The van der Waals surface area contributed by atoms with Crippen molar-refractivity contribution in [3.05, 3.63) is 52.4 Å². The van der Waals surface area contributed by atoms with E-state index in [2.05, 4.69) is 5.32 Å². The van der Waals surface area contributed by atoms with Crippen LogP contribution < -0.4 is 15.6 Å². The Hall–Kier alpha value is -2.64. The van der Waals surface area contributed by atoms with Gasteiger partial charge in [-0.2, -0.15) is 0 Å². The number of aliphatic hydroxyl groups excluding tert-OH is 1. The van der Waals surface area contributed by atoms with Gasteiger partial charge in [0, 0.05) is 49.5 Å². The first-order valence-electron chi connectivity index (χ1n) is 11.2. The summed E-state index contributed by atoms with van der Waals surface area (Å²) >= 11 is 0. The highest BCUT2D eigenvalue weighted by molar-refractivity contribution is 5.81. The SMILES string of the molecule is COc1ccc(-c2ccc3n(c2=O)C[C@H]2N[C@@H]3[C@@H](C(=O)N3CCCCC3)[C@@H]2CO)cc1. The molecule has 2 N–H and O–H groups in total. The molecule has 2 fully saturated rings. The predicted molar refractivity (Wildman–Crippen MR) is 117 cm³/mol. The number of ether oxygens (including phenoxy) is 1. The number of carbonyl (C=O) groups is 1.